The zero-order valence-electron chi connectivity index (χ0n) is 9.90. The minimum absolute atomic E-state index is 0.0482. The lowest BCUT2D eigenvalue weighted by Gasteiger charge is -2.11. The van der Waals surface area contributed by atoms with Crippen LogP contribution >= 0.6 is 34.2 Å². The van der Waals surface area contributed by atoms with Crippen LogP contribution in [0.15, 0.2) is 41.3 Å². The molecule has 0 heterocycles. The van der Waals surface area contributed by atoms with Crippen molar-refractivity contribution in [1.82, 2.24) is 0 Å². The molecule has 0 aromatic heterocycles. The summed E-state index contributed by atoms with van der Waals surface area (Å²) in [5.74, 6) is -1.02. The molecule has 0 spiro atoms. The first-order chi connectivity index (χ1) is 9.31. The molecule has 2 rings (SSSR count). The van der Waals surface area contributed by atoms with Gasteiger partial charge in [-0.3, -0.25) is 4.72 Å². The normalized spacial score (nSPS) is 11.3. The lowest BCUT2D eigenvalue weighted by molar-refractivity contribution is 0.573. The Bertz CT molecular complexity index is 768. The third-order valence-corrected chi connectivity index (χ3v) is 4.96. The molecule has 0 unspecified atom stereocenters. The third kappa shape index (κ3) is 3.15. The van der Waals surface area contributed by atoms with Gasteiger partial charge >= 0.3 is 0 Å². The summed E-state index contributed by atoms with van der Waals surface area (Å²) in [6, 6.07) is 8.90. The fraction of sp³-hybridized carbons (Fsp3) is 0. The Morgan fingerprint density at radius 2 is 1.90 bits per heavy atom. The van der Waals surface area contributed by atoms with Gasteiger partial charge in [0.2, 0.25) is 0 Å². The van der Waals surface area contributed by atoms with Gasteiger partial charge in [-0.2, -0.15) is 0 Å². The molecule has 0 saturated heterocycles. The monoisotopic (exact) mass is 426 g/mol. The number of hydrogen-bond donors (Lipinski definition) is 2. The molecule has 4 nitrogen and oxygen atoms in total. The third-order valence-electron chi connectivity index (χ3n) is 2.44. The highest BCUT2D eigenvalue weighted by Gasteiger charge is 2.22. The van der Waals surface area contributed by atoms with Gasteiger partial charge in [0.25, 0.3) is 10.0 Å². The smallest absolute Gasteiger partial charge is 0.264 e. The van der Waals surface area contributed by atoms with Crippen LogP contribution < -0.4 is 10.5 Å². The fourth-order valence-electron chi connectivity index (χ4n) is 1.52. The summed E-state index contributed by atoms with van der Waals surface area (Å²) >= 11 is 7.69. The summed E-state index contributed by atoms with van der Waals surface area (Å²) in [6.45, 7) is 0. The quantitative estimate of drug-likeness (QED) is 0.583. The second kappa shape index (κ2) is 5.74. The van der Waals surface area contributed by atoms with E-state index in [1.165, 1.54) is 0 Å². The summed E-state index contributed by atoms with van der Waals surface area (Å²) in [7, 11) is -4.11. The van der Waals surface area contributed by atoms with Gasteiger partial charge in [-0.15, -0.1) is 0 Å². The van der Waals surface area contributed by atoms with E-state index in [0.717, 1.165) is 12.1 Å². The highest BCUT2D eigenvalue weighted by molar-refractivity contribution is 14.1. The Balaban J connectivity index is 2.49. The van der Waals surface area contributed by atoms with Crippen molar-refractivity contribution in [3.05, 3.63) is 50.8 Å². The van der Waals surface area contributed by atoms with Crippen molar-refractivity contribution in [2.75, 3.05) is 10.5 Å². The molecular formula is C12H9ClFIN2O2S. The van der Waals surface area contributed by atoms with Crippen LogP contribution in [0, 0.1) is 9.39 Å². The maximum atomic E-state index is 13.9. The first kappa shape index (κ1) is 15.3. The van der Waals surface area contributed by atoms with E-state index >= 15 is 0 Å². The van der Waals surface area contributed by atoms with Crippen LogP contribution in [0.2, 0.25) is 5.02 Å². The summed E-state index contributed by atoms with van der Waals surface area (Å²) in [6.07, 6.45) is 0. The maximum absolute atomic E-state index is 13.9. The summed E-state index contributed by atoms with van der Waals surface area (Å²) in [5, 5.41) is 0.0482. The van der Waals surface area contributed by atoms with Crippen LogP contribution in [0.25, 0.3) is 0 Å². The Morgan fingerprint density at radius 3 is 2.55 bits per heavy atom. The molecule has 20 heavy (non-hydrogen) atoms. The molecule has 0 aliphatic rings. The van der Waals surface area contributed by atoms with Gasteiger partial charge in [-0.1, -0.05) is 23.7 Å². The number of halogens is 3. The largest absolute Gasteiger partial charge is 0.396 e. The molecule has 0 aliphatic heterocycles. The van der Waals surface area contributed by atoms with Crippen molar-refractivity contribution in [3.8, 4) is 0 Å². The van der Waals surface area contributed by atoms with E-state index in [9.17, 15) is 12.8 Å². The van der Waals surface area contributed by atoms with Crippen LogP contribution in [0.3, 0.4) is 0 Å². The molecule has 3 N–H and O–H groups in total. The second-order valence-electron chi connectivity index (χ2n) is 3.89. The van der Waals surface area contributed by atoms with Gasteiger partial charge in [-0.05, 0) is 46.9 Å². The number of para-hydroxylation sites is 1. The lowest BCUT2D eigenvalue weighted by atomic mass is 10.3. The molecule has 0 fully saturated rings. The van der Waals surface area contributed by atoms with Crippen LogP contribution in [0.5, 0.6) is 0 Å². The van der Waals surface area contributed by atoms with Crippen LogP contribution in [-0.2, 0) is 10.0 Å². The van der Waals surface area contributed by atoms with E-state index in [2.05, 4.69) is 4.72 Å². The topological polar surface area (TPSA) is 72.2 Å². The van der Waals surface area contributed by atoms with E-state index in [1.54, 1.807) is 24.3 Å². The van der Waals surface area contributed by atoms with E-state index < -0.39 is 20.7 Å². The molecule has 0 amide bonds. The van der Waals surface area contributed by atoms with Gasteiger partial charge in [0.05, 0.1) is 11.4 Å². The zero-order chi connectivity index (χ0) is 14.9. The van der Waals surface area contributed by atoms with Crippen LogP contribution in [0.1, 0.15) is 0 Å². The Kier molecular flexibility index (Phi) is 4.40. The predicted molar refractivity (Wildman–Crippen MR) is 85.8 cm³/mol. The van der Waals surface area contributed by atoms with Crippen molar-refractivity contribution in [3.63, 3.8) is 0 Å². The maximum Gasteiger partial charge on any atom is 0.264 e. The van der Waals surface area contributed by atoms with Crippen LogP contribution in [0.4, 0.5) is 15.8 Å². The minimum atomic E-state index is -4.11. The number of nitrogens with one attached hydrogen (secondary N) is 1. The molecule has 106 valence electrons. The standard InChI is InChI=1S/C12H9ClFIN2O2S/c13-7-5-9(16)12(14)11(6-7)20(18,19)17-10-4-2-1-3-8(10)15/h1-6,17H,16H2. The lowest BCUT2D eigenvalue weighted by Crippen LogP contribution is -2.16. The molecule has 0 aliphatic carbocycles. The summed E-state index contributed by atoms with van der Waals surface area (Å²) in [5.41, 5.74) is 5.42. The van der Waals surface area contributed by atoms with Crippen molar-refractivity contribution < 1.29 is 12.8 Å². The molecule has 0 radical (unpaired) electrons. The molecule has 0 atom stereocenters. The number of nitrogens with two attached hydrogens (primary N) is 1. The average Bonchev–Trinajstić information content (AvgIpc) is 2.36. The van der Waals surface area contributed by atoms with Gasteiger partial charge < -0.3 is 5.73 Å². The number of rotatable bonds is 3. The second-order valence-corrected chi connectivity index (χ2v) is 7.14. The summed E-state index contributed by atoms with van der Waals surface area (Å²) in [4.78, 5) is -0.581. The number of nitrogen functional groups attached to an aromatic ring is 1. The number of benzene rings is 2. The first-order valence-electron chi connectivity index (χ1n) is 5.33. The highest BCUT2D eigenvalue weighted by atomic mass is 127. The molecule has 2 aromatic rings. The highest BCUT2D eigenvalue weighted by Crippen LogP contribution is 2.28. The van der Waals surface area contributed by atoms with Gasteiger partial charge in [0.1, 0.15) is 4.90 Å². The van der Waals surface area contributed by atoms with Gasteiger partial charge in [0.15, 0.2) is 5.82 Å². The van der Waals surface area contributed by atoms with E-state index in [0.29, 0.717) is 9.26 Å². The van der Waals surface area contributed by atoms with E-state index in [-0.39, 0.29) is 10.7 Å². The van der Waals surface area contributed by atoms with Crippen molar-refractivity contribution in [2.45, 2.75) is 4.90 Å². The Morgan fingerprint density at radius 1 is 1.25 bits per heavy atom. The average molecular weight is 427 g/mol. The molecule has 2 aromatic carbocycles. The van der Waals surface area contributed by atoms with Gasteiger partial charge in [0, 0.05) is 8.59 Å². The van der Waals surface area contributed by atoms with E-state index in [4.69, 9.17) is 17.3 Å². The minimum Gasteiger partial charge on any atom is -0.396 e. The molecule has 0 bridgehead atoms. The van der Waals surface area contributed by atoms with Crippen molar-refractivity contribution in [1.29, 1.82) is 0 Å². The number of hydrogen-bond acceptors (Lipinski definition) is 3. The summed E-state index contributed by atoms with van der Waals surface area (Å²) < 4.78 is 41.3. The zero-order valence-corrected chi connectivity index (χ0v) is 13.6. The van der Waals surface area contributed by atoms with E-state index in [1.807, 2.05) is 22.6 Å². The van der Waals surface area contributed by atoms with Crippen LogP contribution in [-0.4, -0.2) is 8.42 Å². The van der Waals surface area contributed by atoms with Gasteiger partial charge in [-0.25, -0.2) is 12.8 Å². The SMILES string of the molecule is Nc1cc(Cl)cc(S(=O)(=O)Nc2ccccc2I)c1F. The van der Waals surface area contributed by atoms with Crippen molar-refractivity contribution >= 4 is 55.6 Å². The first-order valence-corrected chi connectivity index (χ1v) is 8.27. The Labute approximate surface area is 134 Å². The Hall–Kier alpha value is -1.06. The number of anilines is 2. The predicted octanol–water partition coefficient (Wildman–Crippen LogP) is 3.47. The fourth-order valence-corrected chi connectivity index (χ4v) is 3.73. The van der Waals surface area contributed by atoms with Crippen molar-refractivity contribution in [2.24, 2.45) is 0 Å². The molecule has 8 heteroatoms. The molecular weight excluding hydrogens is 418 g/mol. The number of sulfonamides is 1. The molecule has 0 saturated carbocycles.